The quantitative estimate of drug-likeness (QED) is 0.787. The number of amides is 1. The molecule has 4 nitrogen and oxygen atoms in total. The van der Waals surface area contributed by atoms with E-state index >= 15 is 0 Å². The summed E-state index contributed by atoms with van der Waals surface area (Å²) in [4.78, 5) is 11.2. The molecule has 0 radical (unpaired) electrons. The summed E-state index contributed by atoms with van der Waals surface area (Å²) in [5.74, 6) is 0. The summed E-state index contributed by atoms with van der Waals surface area (Å²) in [6.45, 7) is 1.94. The molecule has 4 heteroatoms. The van der Waals surface area contributed by atoms with Gasteiger partial charge in [-0.2, -0.15) is 0 Å². The monoisotopic (exact) mass is 218 g/mol. The molecule has 16 heavy (non-hydrogen) atoms. The highest BCUT2D eigenvalue weighted by Gasteiger charge is 2.33. The first kappa shape index (κ1) is 10.5. The Morgan fingerprint density at radius 1 is 1.31 bits per heavy atom. The normalized spacial score (nSPS) is 19.9. The van der Waals surface area contributed by atoms with Crippen molar-refractivity contribution in [3.63, 3.8) is 0 Å². The summed E-state index contributed by atoms with van der Waals surface area (Å²) >= 11 is 0. The van der Waals surface area contributed by atoms with Crippen LogP contribution in [-0.4, -0.2) is 28.3 Å². The lowest BCUT2D eigenvalue weighted by Gasteiger charge is -2.28. The van der Waals surface area contributed by atoms with Crippen LogP contribution in [0.25, 0.3) is 0 Å². The third kappa shape index (κ3) is 1.62. The standard InChI is InChI=1S/C12H14N2O2/c1-9-8-13(2)14(12(15)16)11(9)10-6-4-3-5-7-10/h3-8,11H,1-2H3,(H,15,16). The third-order valence-corrected chi connectivity index (χ3v) is 2.72. The van der Waals surface area contributed by atoms with Crippen LogP contribution in [0.4, 0.5) is 4.79 Å². The molecule has 1 aliphatic heterocycles. The zero-order valence-electron chi connectivity index (χ0n) is 9.29. The van der Waals surface area contributed by atoms with Crippen molar-refractivity contribution in [3.8, 4) is 0 Å². The van der Waals surface area contributed by atoms with E-state index in [0.29, 0.717) is 0 Å². The Balaban J connectivity index is 2.39. The molecule has 1 amide bonds. The van der Waals surface area contributed by atoms with E-state index in [1.165, 1.54) is 5.01 Å². The van der Waals surface area contributed by atoms with Crippen molar-refractivity contribution in [1.29, 1.82) is 0 Å². The Bertz CT molecular complexity index is 428. The Morgan fingerprint density at radius 3 is 2.50 bits per heavy atom. The Morgan fingerprint density at radius 2 is 1.94 bits per heavy atom. The molecule has 0 spiro atoms. The third-order valence-electron chi connectivity index (χ3n) is 2.72. The van der Waals surface area contributed by atoms with Gasteiger partial charge in [-0.05, 0) is 18.1 Å². The van der Waals surface area contributed by atoms with Crippen LogP contribution in [0.1, 0.15) is 18.5 Å². The average Bonchev–Trinajstić information content (AvgIpc) is 2.55. The van der Waals surface area contributed by atoms with E-state index < -0.39 is 6.09 Å². The van der Waals surface area contributed by atoms with Crippen LogP contribution < -0.4 is 0 Å². The highest BCUT2D eigenvalue weighted by molar-refractivity contribution is 5.67. The predicted octanol–water partition coefficient (Wildman–Crippen LogP) is 2.47. The average molecular weight is 218 g/mol. The molecule has 0 saturated heterocycles. The van der Waals surface area contributed by atoms with Gasteiger partial charge in [0.1, 0.15) is 6.04 Å². The second-order valence-electron chi connectivity index (χ2n) is 3.89. The van der Waals surface area contributed by atoms with Crippen molar-refractivity contribution in [2.45, 2.75) is 13.0 Å². The van der Waals surface area contributed by atoms with Crippen LogP contribution in [0, 0.1) is 0 Å². The van der Waals surface area contributed by atoms with Gasteiger partial charge in [0.15, 0.2) is 0 Å². The van der Waals surface area contributed by atoms with Crippen molar-refractivity contribution in [2.75, 3.05) is 7.05 Å². The molecule has 0 bridgehead atoms. The molecule has 0 fully saturated rings. The van der Waals surface area contributed by atoms with Gasteiger partial charge in [0.2, 0.25) is 0 Å². The van der Waals surface area contributed by atoms with Gasteiger partial charge >= 0.3 is 6.09 Å². The van der Waals surface area contributed by atoms with Gasteiger partial charge < -0.3 is 5.11 Å². The van der Waals surface area contributed by atoms with Crippen LogP contribution in [0.2, 0.25) is 0 Å². The first-order valence-electron chi connectivity index (χ1n) is 5.09. The first-order valence-corrected chi connectivity index (χ1v) is 5.09. The second-order valence-corrected chi connectivity index (χ2v) is 3.89. The minimum Gasteiger partial charge on any atom is -0.464 e. The van der Waals surface area contributed by atoms with Crippen molar-refractivity contribution < 1.29 is 9.90 Å². The first-order chi connectivity index (χ1) is 7.61. The molecular formula is C12H14N2O2. The molecule has 1 unspecified atom stereocenters. The lowest BCUT2D eigenvalue weighted by atomic mass is 10.0. The Kier molecular flexibility index (Phi) is 2.56. The van der Waals surface area contributed by atoms with Gasteiger partial charge in [-0.3, -0.25) is 5.01 Å². The topological polar surface area (TPSA) is 43.8 Å². The Hall–Kier alpha value is -1.97. The molecule has 0 aromatic heterocycles. The molecule has 1 aliphatic rings. The fraction of sp³-hybridized carbons (Fsp3) is 0.250. The molecule has 1 aromatic rings. The van der Waals surface area contributed by atoms with Crippen LogP contribution in [0.5, 0.6) is 0 Å². The Labute approximate surface area is 94.4 Å². The summed E-state index contributed by atoms with van der Waals surface area (Å²) in [6.07, 6.45) is 0.899. The highest BCUT2D eigenvalue weighted by Crippen LogP contribution is 2.34. The second kappa shape index (κ2) is 3.89. The van der Waals surface area contributed by atoms with E-state index in [2.05, 4.69) is 0 Å². The van der Waals surface area contributed by atoms with Crippen molar-refractivity contribution >= 4 is 6.09 Å². The van der Waals surface area contributed by atoms with Gasteiger partial charge in [0.25, 0.3) is 0 Å². The zero-order valence-corrected chi connectivity index (χ0v) is 9.29. The number of hydrazine groups is 1. The number of benzene rings is 1. The molecular weight excluding hydrogens is 204 g/mol. The summed E-state index contributed by atoms with van der Waals surface area (Å²) in [6, 6.07) is 9.44. The zero-order chi connectivity index (χ0) is 11.7. The van der Waals surface area contributed by atoms with E-state index in [1.54, 1.807) is 12.1 Å². The van der Waals surface area contributed by atoms with Crippen molar-refractivity contribution in [1.82, 2.24) is 10.0 Å². The largest absolute Gasteiger partial charge is 0.464 e. The van der Waals surface area contributed by atoms with E-state index in [1.807, 2.05) is 43.5 Å². The summed E-state index contributed by atoms with van der Waals surface area (Å²) in [5, 5.41) is 12.1. The number of hydrogen-bond donors (Lipinski definition) is 1. The van der Waals surface area contributed by atoms with Gasteiger partial charge in [0.05, 0.1) is 0 Å². The maximum Gasteiger partial charge on any atom is 0.427 e. The number of carbonyl (C=O) groups is 1. The molecule has 1 atom stereocenters. The summed E-state index contributed by atoms with van der Waals surface area (Å²) in [7, 11) is 1.74. The molecule has 2 rings (SSSR count). The van der Waals surface area contributed by atoms with E-state index in [9.17, 15) is 9.90 Å². The summed E-state index contributed by atoms with van der Waals surface area (Å²) in [5.41, 5.74) is 2.01. The van der Waals surface area contributed by atoms with Gasteiger partial charge in [0, 0.05) is 13.2 Å². The molecule has 0 saturated carbocycles. The minimum atomic E-state index is -0.940. The lowest BCUT2D eigenvalue weighted by molar-refractivity contribution is 0.0408. The van der Waals surface area contributed by atoms with E-state index in [-0.39, 0.29) is 6.04 Å². The van der Waals surface area contributed by atoms with Gasteiger partial charge in [-0.1, -0.05) is 30.3 Å². The smallest absolute Gasteiger partial charge is 0.427 e. The maximum atomic E-state index is 11.2. The predicted molar refractivity (Wildman–Crippen MR) is 60.6 cm³/mol. The van der Waals surface area contributed by atoms with Crippen LogP contribution in [0.15, 0.2) is 42.1 Å². The van der Waals surface area contributed by atoms with Crippen LogP contribution in [0.3, 0.4) is 0 Å². The molecule has 1 aromatic carbocycles. The SMILES string of the molecule is CC1=CN(C)N(C(=O)O)C1c1ccccc1. The lowest BCUT2D eigenvalue weighted by Crippen LogP contribution is -2.38. The minimum absolute atomic E-state index is 0.205. The molecule has 1 heterocycles. The van der Waals surface area contributed by atoms with E-state index in [0.717, 1.165) is 11.1 Å². The number of hydrogen-bond acceptors (Lipinski definition) is 2. The molecule has 1 N–H and O–H groups in total. The van der Waals surface area contributed by atoms with Crippen LogP contribution >= 0.6 is 0 Å². The van der Waals surface area contributed by atoms with Gasteiger partial charge in [-0.15, -0.1) is 0 Å². The highest BCUT2D eigenvalue weighted by atomic mass is 16.4. The summed E-state index contributed by atoms with van der Waals surface area (Å²) < 4.78 is 0. The van der Waals surface area contributed by atoms with Crippen molar-refractivity contribution in [3.05, 3.63) is 47.7 Å². The maximum absolute atomic E-state index is 11.2. The number of carboxylic acid groups (broad SMARTS) is 1. The number of nitrogens with zero attached hydrogens (tertiary/aromatic N) is 2. The fourth-order valence-corrected chi connectivity index (χ4v) is 2.09. The van der Waals surface area contributed by atoms with E-state index in [4.69, 9.17) is 0 Å². The molecule has 0 aliphatic carbocycles. The van der Waals surface area contributed by atoms with Gasteiger partial charge in [-0.25, -0.2) is 9.80 Å². The van der Waals surface area contributed by atoms with Crippen LogP contribution in [-0.2, 0) is 0 Å². The fourth-order valence-electron chi connectivity index (χ4n) is 2.09. The number of rotatable bonds is 1. The van der Waals surface area contributed by atoms with Crippen molar-refractivity contribution in [2.24, 2.45) is 0 Å². The molecule has 84 valence electrons.